The largest absolute Gasteiger partial charge is 0.328 e. The van der Waals surface area contributed by atoms with Gasteiger partial charge in [-0.3, -0.25) is 0 Å². The van der Waals surface area contributed by atoms with Gasteiger partial charge in [0.05, 0.1) is 0 Å². The Bertz CT molecular complexity index is 84.7. The molecular formula is C9H19N. The first-order valence-electron chi connectivity index (χ1n) is 4.18. The van der Waals surface area contributed by atoms with Crippen molar-refractivity contribution in [2.75, 3.05) is 0 Å². The molecule has 0 aromatic carbocycles. The second kappa shape index (κ2) is 6.81. The van der Waals surface area contributed by atoms with Crippen LogP contribution in [0.5, 0.6) is 0 Å². The predicted octanol–water partition coefficient (Wildman–Crippen LogP) is 2.47. The van der Waals surface area contributed by atoms with Crippen LogP contribution in [-0.2, 0) is 0 Å². The summed E-state index contributed by atoms with van der Waals surface area (Å²) in [5.74, 6) is 0. The van der Waals surface area contributed by atoms with E-state index < -0.39 is 0 Å². The summed E-state index contributed by atoms with van der Waals surface area (Å²) in [7, 11) is 0. The average molecular weight is 141 g/mol. The van der Waals surface area contributed by atoms with Crippen molar-refractivity contribution < 1.29 is 0 Å². The van der Waals surface area contributed by atoms with Crippen LogP contribution in [0, 0.1) is 0 Å². The van der Waals surface area contributed by atoms with Crippen LogP contribution in [0.15, 0.2) is 12.2 Å². The van der Waals surface area contributed by atoms with Crippen LogP contribution < -0.4 is 5.73 Å². The van der Waals surface area contributed by atoms with Gasteiger partial charge in [0.15, 0.2) is 0 Å². The molecule has 0 amide bonds. The molecule has 0 spiro atoms. The van der Waals surface area contributed by atoms with Gasteiger partial charge in [0.2, 0.25) is 0 Å². The van der Waals surface area contributed by atoms with Crippen LogP contribution >= 0.6 is 0 Å². The van der Waals surface area contributed by atoms with Gasteiger partial charge in [-0.15, -0.1) is 0 Å². The Morgan fingerprint density at radius 3 is 2.60 bits per heavy atom. The van der Waals surface area contributed by atoms with Gasteiger partial charge in [-0.2, -0.15) is 0 Å². The van der Waals surface area contributed by atoms with E-state index in [2.05, 4.69) is 26.0 Å². The lowest BCUT2D eigenvalue weighted by Crippen LogP contribution is -2.13. The Labute approximate surface area is 64.3 Å². The molecule has 2 N–H and O–H groups in total. The molecule has 0 aliphatic rings. The molecule has 0 bridgehead atoms. The Kier molecular flexibility index (Phi) is 6.61. The fraction of sp³-hybridized carbons (Fsp3) is 0.778. The number of nitrogens with two attached hydrogens (primary N) is 1. The highest BCUT2D eigenvalue weighted by Gasteiger charge is 1.90. The third-order valence-corrected chi connectivity index (χ3v) is 1.43. The summed E-state index contributed by atoms with van der Waals surface area (Å²) in [5, 5.41) is 0. The van der Waals surface area contributed by atoms with Crippen molar-refractivity contribution in [1.29, 1.82) is 0 Å². The number of rotatable bonds is 5. The highest BCUT2D eigenvalue weighted by molar-refractivity contribution is 4.79. The zero-order valence-electron chi connectivity index (χ0n) is 7.14. The second-order valence-corrected chi connectivity index (χ2v) is 2.79. The van der Waals surface area contributed by atoms with Crippen molar-refractivity contribution in [2.45, 2.75) is 45.6 Å². The lowest BCUT2D eigenvalue weighted by Gasteiger charge is -2.00. The maximum absolute atomic E-state index is 5.58. The standard InChI is InChI=1S/C9H19N/c1-3-4-5-6-7-8-9(2)10/h4-5,9H,3,6-8,10H2,1-2H3/b5-4-. The highest BCUT2D eigenvalue weighted by atomic mass is 14.6. The second-order valence-electron chi connectivity index (χ2n) is 2.79. The fourth-order valence-corrected chi connectivity index (χ4v) is 0.842. The molecule has 0 rings (SSSR count). The molecule has 0 radical (unpaired) electrons. The van der Waals surface area contributed by atoms with E-state index in [-0.39, 0.29) is 0 Å². The SMILES string of the molecule is CC/C=C\CCCC(C)N. The normalized spacial score (nSPS) is 14.3. The van der Waals surface area contributed by atoms with Gasteiger partial charge in [-0.05, 0) is 32.6 Å². The summed E-state index contributed by atoms with van der Waals surface area (Å²) >= 11 is 0. The Balaban J connectivity index is 2.97. The van der Waals surface area contributed by atoms with Crippen molar-refractivity contribution >= 4 is 0 Å². The van der Waals surface area contributed by atoms with E-state index in [9.17, 15) is 0 Å². The lowest BCUT2D eigenvalue weighted by molar-refractivity contribution is 0.630. The van der Waals surface area contributed by atoms with E-state index in [0.717, 1.165) is 12.8 Å². The molecule has 1 heteroatoms. The van der Waals surface area contributed by atoms with E-state index in [0.29, 0.717) is 6.04 Å². The van der Waals surface area contributed by atoms with Crippen molar-refractivity contribution in [3.8, 4) is 0 Å². The molecule has 0 aliphatic carbocycles. The topological polar surface area (TPSA) is 26.0 Å². The number of hydrogen-bond acceptors (Lipinski definition) is 1. The molecule has 0 aromatic heterocycles. The van der Waals surface area contributed by atoms with Crippen LogP contribution in [0.4, 0.5) is 0 Å². The van der Waals surface area contributed by atoms with E-state index >= 15 is 0 Å². The van der Waals surface area contributed by atoms with Crippen molar-refractivity contribution in [1.82, 2.24) is 0 Å². The molecule has 0 aliphatic heterocycles. The lowest BCUT2D eigenvalue weighted by atomic mass is 10.1. The first-order valence-corrected chi connectivity index (χ1v) is 4.18. The summed E-state index contributed by atoms with van der Waals surface area (Å²) in [4.78, 5) is 0. The van der Waals surface area contributed by atoms with Crippen molar-refractivity contribution in [3.63, 3.8) is 0 Å². The van der Waals surface area contributed by atoms with Crippen LogP contribution in [0.3, 0.4) is 0 Å². The summed E-state index contributed by atoms with van der Waals surface area (Å²) in [6, 6.07) is 0.370. The quantitative estimate of drug-likeness (QED) is 0.462. The minimum absolute atomic E-state index is 0.370. The van der Waals surface area contributed by atoms with Crippen molar-refractivity contribution in [3.05, 3.63) is 12.2 Å². The van der Waals surface area contributed by atoms with Gasteiger partial charge in [0.25, 0.3) is 0 Å². The fourth-order valence-electron chi connectivity index (χ4n) is 0.842. The van der Waals surface area contributed by atoms with Crippen LogP contribution in [-0.4, -0.2) is 6.04 Å². The van der Waals surface area contributed by atoms with Gasteiger partial charge in [-0.1, -0.05) is 19.1 Å². The highest BCUT2D eigenvalue weighted by Crippen LogP contribution is 1.99. The van der Waals surface area contributed by atoms with Gasteiger partial charge in [0, 0.05) is 6.04 Å². The maximum atomic E-state index is 5.58. The van der Waals surface area contributed by atoms with Crippen molar-refractivity contribution in [2.24, 2.45) is 5.73 Å². The monoisotopic (exact) mass is 141 g/mol. The molecule has 0 heterocycles. The minimum atomic E-state index is 0.370. The Hall–Kier alpha value is -0.300. The Morgan fingerprint density at radius 1 is 1.40 bits per heavy atom. The van der Waals surface area contributed by atoms with Gasteiger partial charge < -0.3 is 5.73 Å². The number of allylic oxidation sites excluding steroid dienone is 2. The Morgan fingerprint density at radius 2 is 2.10 bits per heavy atom. The van der Waals surface area contributed by atoms with Gasteiger partial charge in [-0.25, -0.2) is 0 Å². The number of unbranched alkanes of at least 4 members (excludes halogenated alkanes) is 1. The summed E-state index contributed by atoms with van der Waals surface area (Å²) < 4.78 is 0. The zero-order chi connectivity index (χ0) is 7.82. The zero-order valence-corrected chi connectivity index (χ0v) is 7.14. The maximum Gasteiger partial charge on any atom is 0.00105 e. The predicted molar refractivity (Wildman–Crippen MR) is 46.9 cm³/mol. The first-order chi connectivity index (χ1) is 4.77. The summed E-state index contributed by atoms with van der Waals surface area (Å²) in [6.45, 7) is 4.21. The molecule has 0 saturated carbocycles. The summed E-state index contributed by atoms with van der Waals surface area (Å²) in [6.07, 6.45) is 9.17. The van der Waals surface area contributed by atoms with E-state index in [1.54, 1.807) is 0 Å². The van der Waals surface area contributed by atoms with Gasteiger partial charge >= 0.3 is 0 Å². The van der Waals surface area contributed by atoms with Gasteiger partial charge in [0.1, 0.15) is 0 Å². The smallest absolute Gasteiger partial charge is 0.00105 e. The van der Waals surface area contributed by atoms with E-state index in [1.165, 1.54) is 12.8 Å². The minimum Gasteiger partial charge on any atom is -0.328 e. The van der Waals surface area contributed by atoms with Crippen LogP contribution in [0.1, 0.15) is 39.5 Å². The first kappa shape index (κ1) is 9.70. The molecule has 1 nitrogen and oxygen atoms in total. The molecular weight excluding hydrogens is 122 g/mol. The molecule has 10 heavy (non-hydrogen) atoms. The molecule has 0 saturated heterocycles. The average Bonchev–Trinajstić information content (AvgIpc) is 1.87. The van der Waals surface area contributed by atoms with E-state index in [4.69, 9.17) is 5.73 Å². The summed E-state index contributed by atoms with van der Waals surface area (Å²) in [5.41, 5.74) is 5.58. The number of hydrogen-bond donors (Lipinski definition) is 1. The molecule has 60 valence electrons. The third kappa shape index (κ3) is 7.70. The van der Waals surface area contributed by atoms with Crippen LogP contribution in [0.25, 0.3) is 0 Å². The third-order valence-electron chi connectivity index (χ3n) is 1.43. The molecule has 0 aromatic rings. The van der Waals surface area contributed by atoms with Crippen LogP contribution in [0.2, 0.25) is 0 Å². The molecule has 0 fully saturated rings. The molecule has 1 atom stereocenters. The van der Waals surface area contributed by atoms with E-state index in [1.807, 2.05) is 0 Å². The molecule has 1 unspecified atom stereocenters.